The van der Waals surface area contributed by atoms with Crippen molar-refractivity contribution in [2.45, 2.75) is 13.8 Å². The van der Waals surface area contributed by atoms with Gasteiger partial charge < -0.3 is 0 Å². The summed E-state index contributed by atoms with van der Waals surface area (Å²) >= 11 is 1.42. The van der Waals surface area contributed by atoms with Crippen LogP contribution in [-0.4, -0.2) is 30.5 Å². The van der Waals surface area contributed by atoms with Crippen molar-refractivity contribution in [3.63, 3.8) is 0 Å². The van der Waals surface area contributed by atoms with Gasteiger partial charge in [-0.25, -0.2) is 14.5 Å². The minimum Gasteiger partial charge on any atom is -0.295 e. The Morgan fingerprint density at radius 1 is 1.37 bits per heavy atom. The van der Waals surface area contributed by atoms with Crippen molar-refractivity contribution < 1.29 is 4.79 Å². The Balaban J connectivity index is 1.87. The van der Waals surface area contributed by atoms with Crippen molar-refractivity contribution in [2.24, 2.45) is 0 Å². The molecule has 0 aromatic carbocycles. The Kier molecular flexibility index (Phi) is 2.71. The van der Waals surface area contributed by atoms with Crippen LogP contribution in [0.15, 0.2) is 18.5 Å². The topological polar surface area (TPSA) is 85.1 Å². The first kappa shape index (κ1) is 11.7. The molecule has 7 nitrogen and oxygen atoms in total. The van der Waals surface area contributed by atoms with Gasteiger partial charge in [0.2, 0.25) is 5.82 Å². The molecule has 0 bridgehead atoms. The predicted octanol–water partition coefficient (Wildman–Crippen LogP) is 1.45. The van der Waals surface area contributed by atoms with E-state index in [4.69, 9.17) is 0 Å². The molecule has 0 unspecified atom stereocenters. The van der Waals surface area contributed by atoms with Gasteiger partial charge in [0.25, 0.3) is 11.7 Å². The second-order valence-corrected chi connectivity index (χ2v) is 5.12. The molecule has 1 N–H and O–H groups in total. The maximum absolute atomic E-state index is 12.0. The Labute approximate surface area is 112 Å². The van der Waals surface area contributed by atoms with E-state index >= 15 is 0 Å². The highest BCUT2D eigenvalue weighted by atomic mass is 32.1. The third-order valence-electron chi connectivity index (χ3n) is 2.57. The first-order chi connectivity index (χ1) is 9.13. The lowest BCUT2D eigenvalue weighted by Crippen LogP contribution is -2.13. The minimum atomic E-state index is -0.390. The van der Waals surface area contributed by atoms with E-state index in [9.17, 15) is 4.79 Å². The summed E-state index contributed by atoms with van der Waals surface area (Å²) in [4.78, 5) is 25.4. The molecule has 0 fully saturated rings. The number of thiazole rings is 1. The second-order valence-electron chi connectivity index (χ2n) is 3.91. The van der Waals surface area contributed by atoms with Crippen LogP contribution >= 0.6 is 11.3 Å². The van der Waals surface area contributed by atoms with Gasteiger partial charge in [0.05, 0.1) is 5.69 Å². The molecule has 3 heterocycles. The van der Waals surface area contributed by atoms with Gasteiger partial charge in [-0.1, -0.05) is 0 Å². The molecular weight excluding hydrogens is 264 g/mol. The lowest BCUT2D eigenvalue weighted by Gasteiger charge is -1.95. The van der Waals surface area contributed by atoms with Crippen LogP contribution in [0, 0.1) is 13.8 Å². The number of hydrogen-bond donors (Lipinski definition) is 1. The van der Waals surface area contributed by atoms with E-state index in [1.165, 1.54) is 15.9 Å². The molecule has 0 spiro atoms. The van der Waals surface area contributed by atoms with E-state index in [1.807, 2.05) is 13.8 Å². The zero-order valence-corrected chi connectivity index (χ0v) is 11.1. The van der Waals surface area contributed by atoms with Crippen LogP contribution in [0.25, 0.3) is 5.78 Å². The molecule has 8 heteroatoms. The van der Waals surface area contributed by atoms with E-state index in [1.54, 1.807) is 18.5 Å². The zero-order valence-electron chi connectivity index (χ0n) is 10.3. The van der Waals surface area contributed by atoms with E-state index in [0.717, 1.165) is 10.6 Å². The number of rotatable bonds is 2. The summed E-state index contributed by atoms with van der Waals surface area (Å²) in [5.74, 6) is 0.0719. The number of aromatic nitrogens is 5. The highest BCUT2D eigenvalue weighted by molar-refractivity contribution is 7.15. The van der Waals surface area contributed by atoms with Crippen molar-refractivity contribution in [1.29, 1.82) is 0 Å². The van der Waals surface area contributed by atoms with Crippen molar-refractivity contribution in [3.05, 3.63) is 34.9 Å². The Bertz CT molecular complexity index is 709. The maximum atomic E-state index is 12.0. The van der Waals surface area contributed by atoms with Crippen LogP contribution in [0.1, 0.15) is 21.2 Å². The fraction of sp³-hybridized carbons (Fsp3) is 0.182. The number of aryl methyl sites for hydroxylation is 2. The molecule has 0 aliphatic carbocycles. The number of carbonyl (C=O) groups excluding carboxylic acids is 1. The van der Waals surface area contributed by atoms with E-state index < -0.39 is 0 Å². The highest BCUT2D eigenvalue weighted by Crippen LogP contribution is 2.21. The standard InChI is InChI=1S/C11H10N6OS/c1-6-7(2)19-11(13-6)15-9(18)8-14-10-12-4-3-5-17(10)16-8/h3-5H,1-2H3,(H,13,15,18). The number of amides is 1. The number of hydrogen-bond acceptors (Lipinski definition) is 6. The Morgan fingerprint density at radius 3 is 2.89 bits per heavy atom. The first-order valence-corrected chi connectivity index (χ1v) is 6.38. The van der Waals surface area contributed by atoms with Gasteiger partial charge in [-0.15, -0.1) is 16.4 Å². The average molecular weight is 274 g/mol. The zero-order chi connectivity index (χ0) is 13.4. The molecule has 0 aliphatic rings. The summed E-state index contributed by atoms with van der Waals surface area (Å²) < 4.78 is 1.45. The molecule has 3 rings (SSSR count). The number of nitrogens with zero attached hydrogens (tertiary/aromatic N) is 5. The van der Waals surface area contributed by atoms with Crippen molar-refractivity contribution >= 4 is 28.2 Å². The molecule has 19 heavy (non-hydrogen) atoms. The van der Waals surface area contributed by atoms with Gasteiger partial charge in [-0.2, -0.15) is 4.98 Å². The van der Waals surface area contributed by atoms with Gasteiger partial charge in [0, 0.05) is 17.3 Å². The van der Waals surface area contributed by atoms with Crippen LogP contribution in [0.3, 0.4) is 0 Å². The minimum absolute atomic E-state index is 0.0733. The smallest absolute Gasteiger partial charge is 0.295 e. The second kappa shape index (κ2) is 4.39. The summed E-state index contributed by atoms with van der Waals surface area (Å²) in [6, 6.07) is 1.72. The van der Waals surface area contributed by atoms with Crippen molar-refractivity contribution in [3.8, 4) is 0 Å². The van der Waals surface area contributed by atoms with Crippen LogP contribution in [0.5, 0.6) is 0 Å². The number of nitrogens with one attached hydrogen (secondary N) is 1. The Morgan fingerprint density at radius 2 is 2.21 bits per heavy atom. The predicted molar refractivity (Wildman–Crippen MR) is 70.3 cm³/mol. The summed E-state index contributed by atoms with van der Waals surface area (Å²) in [5, 5.41) is 7.28. The number of carbonyl (C=O) groups is 1. The summed E-state index contributed by atoms with van der Waals surface area (Å²) in [6.07, 6.45) is 3.28. The molecule has 1 amide bonds. The lowest BCUT2D eigenvalue weighted by atomic mass is 10.4. The number of fused-ring (bicyclic) bond motifs is 1. The van der Waals surface area contributed by atoms with E-state index in [0.29, 0.717) is 10.9 Å². The van der Waals surface area contributed by atoms with E-state index in [2.05, 4.69) is 25.4 Å². The molecule has 0 radical (unpaired) electrons. The quantitative estimate of drug-likeness (QED) is 0.764. The van der Waals surface area contributed by atoms with Crippen molar-refractivity contribution in [1.82, 2.24) is 24.6 Å². The fourth-order valence-corrected chi connectivity index (χ4v) is 2.32. The van der Waals surface area contributed by atoms with Gasteiger partial charge in [-0.3, -0.25) is 10.1 Å². The lowest BCUT2D eigenvalue weighted by molar-refractivity contribution is 0.101. The molecular formula is C11H10N6OS. The summed E-state index contributed by atoms with van der Waals surface area (Å²) in [7, 11) is 0. The molecule has 0 saturated carbocycles. The molecule has 0 atom stereocenters. The first-order valence-electron chi connectivity index (χ1n) is 5.56. The SMILES string of the molecule is Cc1nc(NC(=O)c2nc3ncccn3n2)sc1C. The van der Waals surface area contributed by atoms with Crippen LogP contribution in [0.4, 0.5) is 5.13 Å². The van der Waals surface area contributed by atoms with Gasteiger partial charge in [-0.05, 0) is 19.9 Å². The normalized spacial score (nSPS) is 10.8. The molecule has 96 valence electrons. The van der Waals surface area contributed by atoms with Gasteiger partial charge in [0.15, 0.2) is 5.13 Å². The largest absolute Gasteiger partial charge is 0.297 e. The van der Waals surface area contributed by atoms with Crippen LogP contribution in [-0.2, 0) is 0 Å². The van der Waals surface area contributed by atoms with Gasteiger partial charge in [0.1, 0.15) is 0 Å². The third-order valence-corrected chi connectivity index (χ3v) is 3.56. The van der Waals surface area contributed by atoms with Crippen LogP contribution < -0.4 is 5.32 Å². The summed E-state index contributed by atoms with van der Waals surface area (Å²) in [6.45, 7) is 3.85. The highest BCUT2D eigenvalue weighted by Gasteiger charge is 2.15. The Hall–Kier alpha value is -2.35. The molecule has 3 aromatic heterocycles. The van der Waals surface area contributed by atoms with Crippen molar-refractivity contribution in [2.75, 3.05) is 5.32 Å². The van der Waals surface area contributed by atoms with Crippen LogP contribution in [0.2, 0.25) is 0 Å². The van der Waals surface area contributed by atoms with Gasteiger partial charge >= 0.3 is 0 Å². The molecule has 0 saturated heterocycles. The average Bonchev–Trinajstić information content (AvgIpc) is 2.93. The summed E-state index contributed by atoms with van der Waals surface area (Å²) in [5.41, 5.74) is 0.907. The third kappa shape index (κ3) is 2.17. The number of anilines is 1. The molecule has 0 aliphatic heterocycles. The molecule has 3 aromatic rings. The van der Waals surface area contributed by atoms with E-state index in [-0.39, 0.29) is 11.7 Å². The maximum Gasteiger partial charge on any atom is 0.297 e. The monoisotopic (exact) mass is 274 g/mol. The fourth-order valence-electron chi connectivity index (χ4n) is 1.51.